The van der Waals surface area contributed by atoms with E-state index in [0.29, 0.717) is 0 Å². The quantitative estimate of drug-likeness (QED) is 0.785. The molecule has 0 spiro atoms. The number of nitrogens with one attached hydrogen (secondary N) is 1. The van der Waals surface area contributed by atoms with Gasteiger partial charge >= 0.3 is 0 Å². The molecule has 16 heavy (non-hydrogen) atoms. The fourth-order valence-corrected chi connectivity index (χ4v) is 1.47. The van der Waals surface area contributed by atoms with E-state index in [-0.39, 0.29) is 5.60 Å². The second-order valence-electron chi connectivity index (χ2n) is 5.21. The molecule has 0 saturated carbocycles. The molecule has 0 bridgehead atoms. The Balaban J connectivity index is 2.40. The molecule has 0 aliphatic heterocycles. The van der Waals surface area contributed by atoms with Crippen LogP contribution in [-0.2, 0) is 4.74 Å². The van der Waals surface area contributed by atoms with Gasteiger partial charge in [0.2, 0.25) is 0 Å². The first-order valence-corrected chi connectivity index (χ1v) is 5.83. The highest BCUT2D eigenvalue weighted by atomic mass is 16.5. The van der Waals surface area contributed by atoms with Crippen molar-refractivity contribution < 1.29 is 4.74 Å². The molecular formula is C14H23NO. The SMILES string of the molecule is Cc1ccc(C)c(NCCOC(C)(C)C)c1. The van der Waals surface area contributed by atoms with E-state index in [9.17, 15) is 0 Å². The van der Waals surface area contributed by atoms with Crippen LogP contribution in [0.1, 0.15) is 31.9 Å². The molecule has 0 aliphatic carbocycles. The molecule has 2 heteroatoms. The largest absolute Gasteiger partial charge is 0.383 e. The Morgan fingerprint density at radius 2 is 1.88 bits per heavy atom. The molecule has 1 aromatic carbocycles. The Morgan fingerprint density at radius 1 is 1.19 bits per heavy atom. The lowest BCUT2D eigenvalue weighted by Crippen LogP contribution is -2.23. The van der Waals surface area contributed by atoms with Crippen LogP contribution in [0.3, 0.4) is 0 Å². The van der Waals surface area contributed by atoms with Gasteiger partial charge in [0.15, 0.2) is 0 Å². The zero-order valence-electron chi connectivity index (χ0n) is 11.1. The normalized spacial score (nSPS) is 11.6. The third-order valence-electron chi connectivity index (χ3n) is 2.35. The second kappa shape index (κ2) is 5.35. The first-order valence-electron chi connectivity index (χ1n) is 5.83. The van der Waals surface area contributed by atoms with Gasteiger partial charge in [-0.25, -0.2) is 0 Å². The Morgan fingerprint density at radius 3 is 2.50 bits per heavy atom. The number of benzene rings is 1. The highest BCUT2D eigenvalue weighted by molar-refractivity contribution is 5.52. The minimum atomic E-state index is -0.0523. The Bertz CT molecular complexity index is 339. The number of rotatable bonds is 4. The molecule has 90 valence electrons. The van der Waals surface area contributed by atoms with Gasteiger partial charge in [-0.15, -0.1) is 0 Å². The van der Waals surface area contributed by atoms with Gasteiger partial charge in [-0.05, 0) is 51.8 Å². The number of anilines is 1. The Kier molecular flexibility index (Phi) is 4.36. The van der Waals surface area contributed by atoms with Crippen LogP contribution in [0.5, 0.6) is 0 Å². The van der Waals surface area contributed by atoms with Crippen molar-refractivity contribution in [3.05, 3.63) is 29.3 Å². The summed E-state index contributed by atoms with van der Waals surface area (Å²) in [4.78, 5) is 0. The first kappa shape index (κ1) is 13.0. The van der Waals surface area contributed by atoms with Crippen molar-refractivity contribution in [3.63, 3.8) is 0 Å². The van der Waals surface area contributed by atoms with Crippen LogP contribution in [0.15, 0.2) is 18.2 Å². The number of ether oxygens (including phenoxy) is 1. The van der Waals surface area contributed by atoms with Crippen molar-refractivity contribution in [1.82, 2.24) is 0 Å². The predicted octanol–water partition coefficient (Wildman–Crippen LogP) is 3.53. The summed E-state index contributed by atoms with van der Waals surface area (Å²) in [5.41, 5.74) is 3.72. The van der Waals surface area contributed by atoms with Gasteiger partial charge in [-0.1, -0.05) is 12.1 Å². The molecule has 1 N–H and O–H groups in total. The van der Waals surface area contributed by atoms with Crippen LogP contribution < -0.4 is 5.32 Å². The summed E-state index contributed by atoms with van der Waals surface area (Å²) in [5.74, 6) is 0. The standard InChI is InChI=1S/C14H23NO/c1-11-6-7-12(2)13(10-11)15-8-9-16-14(3,4)5/h6-7,10,15H,8-9H2,1-5H3. The average molecular weight is 221 g/mol. The van der Waals surface area contributed by atoms with Crippen molar-refractivity contribution in [1.29, 1.82) is 0 Å². The fourth-order valence-electron chi connectivity index (χ4n) is 1.47. The molecule has 0 radical (unpaired) electrons. The number of aryl methyl sites for hydroxylation is 2. The van der Waals surface area contributed by atoms with E-state index in [2.05, 4.69) is 58.1 Å². The monoisotopic (exact) mass is 221 g/mol. The fraction of sp³-hybridized carbons (Fsp3) is 0.571. The maximum Gasteiger partial charge on any atom is 0.0646 e. The van der Waals surface area contributed by atoms with Gasteiger partial charge < -0.3 is 10.1 Å². The van der Waals surface area contributed by atoms with Crippen LogP contribution in [0, 0.1) is 13.8 Å². The molecule has 1 rings (SSSR count). The van der Waals surface area contributed by atoms with E-state index in [0.717, 1.165) is 13.2 Å². The topological polar surface area (TPSA) is 21.3 Å². The minimum absolute atomic E-state index is 0.0523. The summed E-state index contributed by atoms with van der Waals surface area (Å²) >= 11 is 0. The van der Waals surface area contributed by atoms with E-state index in [1.54, 1.807) is 0 Å². The van der Waals surface area contributed by atoms with Crippen molar-refractivity contribution in [2.75, 3.05) is 18.5 Å². The lowest BCUT2D eigenvalue weighted by molar-refractivity contribution is 0.00333. The third-order valence-corrected chi connectivity index (χ3v) is 2.35. The third kappa shape index (κ3) is 4.67. The summed E-state index contributed by atoms with van der Waals surface area (Å²) in [6.45, 7) is 12.0. The number of hydrogen-bond acceptors (Lipinski definition) is 2. The zero-order valence-corrected chi connectivity index (χ0v) is 11.1. The van der Waals surface area contributed by atoms with Crippen molar-refractivity contribution in [2.45, 2.75) is 40.2 Å². The van der Waals surface area contributed by atoms with Crippen molar-refractivity contribution >= 4 is 5.69 Å². The molecule has 0 heterocycles. The van der Waals surface area contributed by atoms with Gasteiger partial charge in [0.25, 0.3) is 0 Å². The van der Waals surface area contributed by atoms with E-state index in [1.165, 1.54) is 16.8 Å². The molecule has 0 saturated heterocycles. The van der Waals surface area contributed by atoms with Gasteiger partial charge in [-0.3, -0.25) is 0 Å². The van der Waals surface area contributed by atoms with E-state index >= 15 is 0 Å². The molecule has 2 nitrogen and oxygen atoms in total. The summed E-state index contributed by atoms with van der Waals surface area (Å²) < 4.78 is 5.66. The summed E-state index contributed by atoms with van der Waals surface area (Å²) in [6, 6.07) is 6.45. The molecule has 0 aliphatic rings. The average Bonchev–Trinajstić information content (AvgIpc) is 2.16. The van der Waals surface area contributed by atoms with Crippen molar-refractivity contribution in [3.8, 4) is 0 Å². The van der Waals surface area contributed by atoms with E-state index in [4.69, 9.17) is 4.74 Å². The maximum absolute atomic E-state index is 5.66. The number of hydrogen-bond donors (Lipinski definition) is 1. The smallest absolute Gasteiger partial charge is 0.0646 e. The maximum atomic E-state index is 5.66. The van der Waals surface area contributed by atoms with Crippen LogP contribution in [-0.4, -0.2) is 18.8 Å². The van der Waals surface area contributed by atoms with Crippen LogP contribution in [0.2, 0.25) is 0 Å². The zero-order chi connectivity index (χ0) is 12.2. The molecular weight excluding hydrogens is 198 g/mol. The Labute approximate surface area is 99.0 Å². The molecule has 0 unspecified atom stereocenters. The van der Waals surface area contributed by atoms with Crippen LogP contribution in [0.25, 0.3) is 0 Å². The molecule has 1 aromatic rings. The Hall–Kier alpha value is -1.02. The van der Waals surface area contributed by atoms with Crippen molar-refractivity contribution in [2.24, 2.45) is 0 Å². The summed E-state index contributed by atoms with van der Waals surface area (Å²) in [5, 5.41) is 3.40. The van der Waals surface area contributed by atoms with Crippen LogP contribution in [0.4, 0.5) is 5.69 Å². The van der Waals surface area contributed by atoms with Gasteiger partial charge in [-0.2, -0.15) is 0 Å². The minimum Gasteiger partial charge on any atom is -0.383 e. The first-order chi connectivity index (χ1) is 7.38. The van der Waals surface area contributed by atoms with Crippen LogP contribution >= 0.6 is 0 Å². The van der Waals surface area contributed by atoms with Gasteiger partial charge in [0.1, 0.15) is 0 Å². The highest BCUT2D eigenvalue weighted by Gasteiger charge is 2.08. The highest BCUT2D eigenvalue weighted by Crippen LogP contribution is 2.16. The van der Waals surface area contributed by atoms with E-state index in [1.807, 2.05) is 0 Å². The van der Waals surface area contributed by atoms with Gasteiger partial charge in [0.05, 0.1) is 12.2 Å². The van der Waals surface area contributed by atoms with E-state index < -0.39 is 0 Å². The molecule has 0 aromatic heterocycles. The van der Waals surface area contributed by atoms with Gasteiger partial charge in [0, 0.05) is 12.2 Å². The molecule has 0 fully saturated rings. The predicted molar refractivity (Wildman–Crippen MR) is 70.1 cm³/mol. The second-order valence-corrected chi connectivity index (χ2v) is 5.21. The molecule has 0 amide bonds. The summed E-state index contributed by atoms with van der Waals surface area (Å²) in [7, 11) is 0. The lowest BCUT2D eigenvalue weighted by atomic mass is 10.1. The molecule has 0 atom stereocenters. The lowest BCUT2D eigenvalue weighted by Gasteiger charge is -2.20. The summed E-state index contributed by atoms with van der Waals surface area (Å²) in [6.07, 6.45) is 0.